The molecular formula is C17H29N3OS. The number of ether oxygens (including phenoxy) is 1. The first-order chi connectivity index (χ1) is 10.7. The van der Waals surface area contributed by atoms with E-state index >= 15 is 0 Å². The molecular weight excluding hydrogens is 294 g/mol. The van der Waals surface area contributed by atoms with Gasteiger partial charge in [-0.2, -0.15) is 0 Å². The second-order valence-corrected chi connectivity index (χ2v) is 6.96. The Bertz CT molecular complexity index is 466. The van der Waals surface area contributed by atoms with E-state index in [0.717, 1.165) is 44.7 Å². The lowest BCUT2D eigenvalue weighted by Crippen LogP contribution is -2.40. The van der Waals surface area contributed by atoms with E-state index in [1.165, 1.54) is 29.7 Å². The summed E-state index contributed by atoms with van der Waals surface area (Å²) in [7, 11) is 2.14. The number of hydrogen-bond acceptors (Lipinski definition) is 3. The van der Waals surface area contributed by atoms with Gasteiger partial charge in [0.15, 0.2) is 5.96 Å². The third-order valence-electron chi connectivity index (χ3n) is 4.25. The molecule has 0 atom stereocenters. The van der Waals surface area contributed by atoms with Crippen LogP contribution in [0.2, 0.25) is 0 Å². The van der Waals surface area contributed by atoms with Crippen LogP contribution in [0.4, 0.5) is 0 Å². The Morgan fingerprint density at radius 1 is 1.45 bits per heavy atom. The molecule has 0 radical (unpaired) electrons. The summed E-state index contributed by atoms with van der Waals surface area (Å²) in [4.78, 5) is 8.42. The molecule has 0 aromatic carbocycles. The van der Waals surface area contributed by atoms with E-state index in [9.17, 15) is 0 Å². The van der Waals surface area contributed by atoms with Crippen LogP contribution in [-0.4, -0.2) is 44.2 Å². The van der Waals surface area contributed by atoms with E-state index < -0.39 is 0 Å². The lowest BCUT2D eigenvalue weighted by molar-refractivity contribution is 0.0625. The van der Waals surface area contributed by atoms with Crippen LogP contribution in [0.15, 0.2) is 16.4 Å². The first kappa shape index (κ1) is 17.3. The van der Waals surface area contributed by atoms with Crippen molar-refractivity contribution in [1.82, 2.24) is 10.2 Å². The minimum absolute atomic E-state index is 0.771. The van der Waals surface area contributed by atoms with Crippen molar-refractivity contribution in [3.05, 3.63) is 21.9 Å². The summed E-state index contributed by atoms with van der Waals surface area (Å²) in [5, 5.41) is 5.55. The highest BCUT2D eigenvalue weighted by Gasteiger charge is 2.15. The van der Waals surface area contributed by atoms with Crippen LogP contribution in [0.25, 0.3) is 0 Å². The van der Waals surface area contributed by atoms with Crippen molar-refractivity contribution < 1.29 is 4.74 Å². The van der Waals surface area contributed by atoms with Gasteiger partial charge in [0.2, 0.25) is 0 Å². The van der Waals surface area contributed by atoms with E-state index in [2.05, 4.69) is 42.6 Å². The Kier molecular flexibility index (Phi) is 7.19. The van der Waals surface area contributed by atoms with Gasteiger partial charge in [0.25, 0.3) is 0 Å². The molecule has 1 aromatic heterocycles. The number of nitrogens with one attached hydrogen (secondary N) is 1. The predicted octanol–water partition coefficient (Wildman–Crippen LogP) is 3.27. The average molecular weight is 324 g/mol. The highest BCUT2D eigenvalue weighted by Crippen LogP contribution is 2.19. The number of nitrogens with zero attached hydrogens (tertiary/aromatic N) is 2. The molecule has 0 unspecified atom stereocenters. The van der Waals surface area contributed by atoms with Crippen LogP contribution in [0.5, 0.6) is 0 Å². The van der Waals surface area contributed by atoms with Crippen molar-refractivity contribution in [3.8, 4) is 0 Å². The van der Waals surface area contributed by atoms with E-state index in [-0.39, 0.29) is 0 Å². The Morgan fingerprint density at radius 3 is 2.86 bits per heavy atom. The SMILES string of the molecule is CCNC(=NCc1sccc1C)N(C)CCC1CCOCC1. The zero-order chi connectivity index (χ0) is 15.8. The molecule has 22 heavy (non-hydrogen) atoms. The molecule has 5 heteroatoms. The number of guanidine groups is 1. The molecule has 4 nitrogen and oxygen atoms in total. The zero-order valence-corrected chi connectivity index (χ0v) is 14.9. The first-order valence-electron chi connectivity index (χ1n) is 8.31. The van der Waals surface area contributed by atoms with Crippen LogP contribution in [0.1, 0.15) is 36.6 Å². The summed E-state index contributed by atoms with van der Waals surface area (Å²) in [6.07, 6.45) is 3.63. The Hall–Kier alpha value is -1.07. The van der Waals surface area contributed by atoms with Crippen LogP contribution in [-0.2, 0) is 11.3 Å². The molecule has 124 valence electrons. The molecule has 1 N–H and O–H groups in total. The van der Waals surface area contributed by atoms with E-state index in [0.29, 0.717) is 0 Å². The molecule has 0 bridgehead atoms. The standard InChI is InChI=1S/C17H29N3OS/c1-4-18-17(19-13-16-14(2)8-12-22-16)20(3)9-5-15-6-10-21-11-7-15/h8,12,15H,4-7,9-11,13H2,1-3H3,(H,18,19). The first-order valence-corrected chi connectivity index (χ1v) is 9.18. The molecule has 1 aliphatic rings. The fourth-order valence-corrected chi connectivity index (χ4v) is 3.53. The fraction of sp³-hybridized carbons (Fsp3) is 0.706. The van der Waals surface area contributed by atoms with Crippen molar-refractivity contribution in [2.45, 2.75) is 39.7 Å². The monoisotopic (exact) mass is 323 g/mol. The quantitative estimate of drug-likeness (QED) is 0.645. The minimum atomic E-state index is 0.771. The number of hydrogen-bond donors (Lipinski definition) is 1. The molecule has 0 spiro atoms. The molecule has 1 fully saturated rings. The van der Waals surface area contributed by atoms with Crippen LogP contribution < -0.4 is 5.32 Å². The topological polar surface area (TPSA) is 36.9 Å². The van der Waals surface area contributed by atoms with E-state index in [1.807, 2.05) is 0 Å². The van der Waals surface area contributed by atoms with E-state index in [4.69, 9.17) is 9.73 Å². The average Bonchev–Trinajstić information content (AvgIpc) is 2.95. The number of thiophene rings is 1. The summed E-state index contributed by atoms with van der Waals surface area (Å²) in [6, 6.07) is 2.16. The molecule has 1 aliphatic heterocycles. The molecule has 2 rings (SSSR count). The Labute approximate surface area is 138 Å². The third kappa shape index (κ3) is 5.29. The van der Waals surface area contributed by atoms with Gasteiger partial charge in [0.1, 0.15) is 0 Å². The highest BCUT2D eigenvalue weighted by atomic mass is 32.1. The fourth-order valence-electron chi connectivity index (χ4n) is 2.70. The van der Waals surface area contributed by atoms with Gasteiger partial charge >= 0.3 is 0 Å². The smallest absolute Gasteiger partial charge is 0.194 e. The lowest BCUT2D eigenvalue weighted by Gasteiger charge is -2.26. The normalized spacial score (nSPS) is 16.8. The van der Waals surface area contributed by atoms with Gasteiger partial charge in [0.05, 0.1) is 6.54 Å². The van der Waals surface area contributed by atoms with Crippen LogP contribution >= 0.6 is 11.3 Å². The zero-order valence-electron chi connectivity index (χ0n) is 14.1. The van der Waals surface area contributed by atoms with Crippen LogP contribution in [0.3, 0.4) is 0 Å². The second-order valence-electron chi connectivity index (χ2n) is 5.96. The number of rotatable bonds is 6. The number of aryl methyl sites for hydroxylation is 1. The van der Waals surface area contributed by atoms with Crippen molar-refractivity contribution in [3.63, 3.8) is 0 Å². The second kappa shape index (κ2) is 9.16. The molecule has 2 heterocycles. The van der Waals surface area contributed by atoms with Crippen molar-refractivity contribution in [2.24, 2.45) is 10.9 Å². The largest absolute Gasteiger partial charge is 0.381 e. The van der Waals surface area contributed by atoms with Crippen LogP contribution in [0, 0.1) is 12.8 Å². The Morgan fingerprint density at radius 2 is 2.23 bits per heavy atom. The van der Waals surface area contributed by atoms with Gasteiger partial charge in [-0.1, -0.05) is 0 Å². The summed E-state index contributed by atoms with van der Waals surface area (Å²) in [6.45, 7) is 8.87. The van der Waals surface area contributed by atoms with Gasteiger partial charge in [0, 0.05) is 38.2 Å². The molecule has 0 amide bonds. The maximum Gasteiger partial charge on any atom is 0.194 e. The van der Waals surface area contributed by atoms with Gasteiger partial charge in [-0.25, -0.2) is 4.99 Å². The molecule has 0 saturated carbocycles. The predicted molar refractivity (Wildman–Crippen MR) is 94.7 cm³/mol. The molecule has 1 aromatic rings. The summed E-state index contributed by atoms with van der Waals surface area (Å²) in [5.74, 6) is 1.82. The number of aliphatic imine (C=N–C) groups is 1. The lowest BCUT2D eigenvalue weighted by atomic mass is 9.96. The minimum Gasteiger partial charge on any atom is -0.381 e. The molecule has 1 saturated heterocycles. The summed E-state index contributed by atoms with van der Waals surface area (Å²) < 4.78 is 5.44. The van der Waals surface area contributed by atoms with Gasteiger partial charge < -0.3 is 15.0 Å². The van der Waals surface area contributed by atoms with Crippen molar-refractivity contribution in [2.75, 3.05) is 33.4 Å². The third-order valence-corrected chi connectivity index (χ3v) is 5.26. The maximum absolute atomic E-state index is 5.44. The van der Waals surface area contributed by atoms with E-state index in [1.54, 1.807) is 11.3 Å². The highest BCUT2D eigenvalue weighted by molar-refractivity contribution is 7.10. The maximum atomic E-state index is 5.44. The summed E-state index contributed by atoms with van der Waals surface area (Å²) >= 11 is 1.79. The summed E-state index contributed by atoms with van der Waals surface area (Å²) in [5.41, 5.74) is 1.34. The molecule has 0 aliphatic carbocycles. The Balaban J connectivity index is 1.86. The van der Waals surface area contributed by atoms with Gasteiger partial charge in [-0.15, -0.1) is 11.3 Å². The van der Waals surface area contributed by atoms with Crippen molar-refractivity contribution in [1.29, 1.82) is 0 Å². The van der Waals surface area contributed by atoms with Crippen molar-refractivity contribution >= 4 is 17.3 Å². The van der Waals surface area contributed by atoms with Gasteiger partial charge in [-0.3, -0.25) is 0 Å². The van der Waals surface area contributed by atoms with Gasteiger partial charge in [-0.05, 0) is 56.0 Å².